The normalized spacial score (nSPS) is 22.8. The third-order valence-corrected chi connectivity index (χ3v) is 5.09. The summed E-state index contributed by atoms with van der Waals surface area (Å²) < 4.78 is 0.897. The van der Waals surface area contributed by atoms with Crippen molar-refractivity contribution in [3.63, 3.8) is 0 Å². The molecule has 1 aromatic heterocycles. The standard InChI is InChI=1S/C14H23ClN2S/c1-10(2)16-8-12-6-7-17(9-12)11(3)13-4-5-14(15)18-13/h4-5,10-12,16H,6-9H2,1-3H3. The second-order valence-electron chi connectivity index (χ2n) is 5.53. The largest absolute Gasteiger partial charge is 0.314 e. The first kappa shape index (κ1) is 14.3. The van der Waals surface area contributed by atoms with Crippen molar-refractivity contribution in [3.8, 4) is 0 Å². The molecule has 0 saturated carbocycles. The summed E-state index contributed by atoms with van der Waals surface area (Å²) in [5, 5.41) is 3.55. The summed E-state index contributed by atoms with van der Waals surface area (Å²) in [5.41, 5.74) is 0. The van der Waals surface area contributed by atoms with E-state index in [1.807, 2.05) is 6.07 Å². The highest BCUT2D eigenvalue weighted by molar-refractivity contribution is 7.16. The zero-order valence-electron chi connectivity index (χ0n) is 11.4. The van der Waals surface area contributed by atoms with E-state index < -0.39 is 0 Å². The lowest BCUT2D eigenvalue weighted by Crippen LogP contribution is -2.31. The average molecular weight is 287 g/mol. The average Bonchev–Trinajstić information content (AvgIpc) is 2.94. The molecule has 1 N–H and O–H groups in total. The summed E-state index contributed by atoms with van der Waals surface area (Å²) in [5.74, 6) is 0.797. The molecule has 2 nitrogen and oxygen atoms in total. The van der Waals surface area contributed by atoms with Gasteiger partial charge in [-0.15, -0.1) is 11.3 Å². The Morgan fingerprint density at radius 3 is 2.83 bits per heavy atom. The third-order valence-electron chi connectivity index (χ3n) is 3.69. The Kier molecular flexibility index (Phi) is 5.07. The van der Waals surface area contributed by atoms with Crippen LogP contribution in [-0.2, 0) is 0 Å². The summed E-state index contributed by atoms with van der Waals surface area (Å²) >= 11 is 7.72. The van der Waals surface area contributed by atoms with E-state index in [4.69, 9.17) is 11.6 Å². The molecule has 2 rings (SSSR count). The Morgan fingerprint density at radius 1 is 1.44 bits per heavy atom. The van der Waals surface area contributed by atoms with Crippen molar-refractivity contribution in [1.82, 2.24) is 10.2 Å². The van der Waals surface area contributed by atoms with Crippen LogP contribution in [0.5, 0.6) is 0 Å². The minimum absolute atomic E-state index is 0.506. The van der Waals surface area contributed by atoms with Crippen LogP contribution in [0, 0.1) is 5.92 Å². The van der Waals surface area contributed by atoms with E-state index in [2.05, 4.69) is 37.1 Å². The molecule has 1 aliphatic heterocycles. The summed E-state index contributed by atoms with van der Waals surface area (Å²) in [7, 11) is 0. The van der Waals surface area contributed by atoms with E-state index in [0.29, 0.717) is 12.1 Å². The highest BCUT2D eigenvalue weighted by Gasteiger charge is 2.27. The van der Waals surface area contributed by atoms with Crippen molar-refractivity contribution in [2.75, 3.05) is 19.6 Å². The van der Waals surface area contributed by atoms with Crippen molar-refractivity contribution in [1.29, 1.82) is 0 Å². The van der Waals surface area contributed by atoms with Gasteiger partial charge in [0.05, 0.1) is 4.34 Å². The van der Waals surface area contributed by atoms with Gasteiger partial charge in [-0.1, -0.05) is 25.4 Å². The molecule has 2 unspecified atom stereocenters. The van der Waals surface area contributed by atoms with Gasteiger partial charge in [0.15, 0.2) is 0 Å². The molecule has 0 bridgehead atoms. The zero-order valence-corrected chi connectivity index (χ0v) is 13.0. The number of nitrogens with one attached hydrogen (secondary N) is 1. The fraction of sp³-hybridized carbons (Fsp3) is 0.714. The molecule has 2 atom stereocenters. The molecule has 0 radical (unpaired) electrons. The van der Waals surface area contributed by atoms with E-state index in [0.717, 1.165) is 16.8 Å². The second-order valence-corrected chi connectivity index (χ2v) is 7.28. The Bertz CT molecular complexity index is 378. The van der Waals surface area contributed by atoms with Crippen molar-refractivity contribution < 1.29 is 0 Å². The van der Waals surface area contributed by atoms with Gasteiger partial charge in [0.2, 0.25) is 0 Å². The van der Waals surface area contributed by atoms with Crippen LogP contribution in [0.2, 0.25) is 4.34 Å². The molecule has 18 heavy (non-hydrogen) atoms. The minimum atomic E-state index is 0.506. The number of likely N-dealkylation sites (tertiary alicyclic amines) is 1. The number of halogens is 1. The second kappa shape index (κ2) is 6.38. The quantitative estimate of drug-likeness (QED) is 0.886. The van der Waals surface area contributed by atoms with Crippen molar-refractivity contribution >= 4 is 22.9 Å². The molecule has 102 valence electrons. The summed E-state index contributed by atoms with van der Waals surface area (Å²) in [6.07, 6.45) is 1.31. The van der Waals surface area contributed by atoms with Crippen molar-refractivity contribution in [3.05, 3.63) is 21.3 Å². The Morgan fingerprint density at radius 2 is 2.22 bits per heavy atom. The molecule has 1 fully saturated rings. The van der Waals surface area contributed by atoms with Gasteiger partial charge in [-0.05, 0) is 44.5 Å². The van der Waals surface area contributed by atoms with Crippen LogP contribution in [0.4, 0.5) is 0 Å². The predicted molar refractivity (Wildman–Crippen MR) is 80.6 cm³/mol. The molecule has 0 amide bonds. The van der Waals surface area contributed by atoms with Crippen LogP contribution in [0.15, 0.2) is 12.1 Å². The number of hydrogen-bond donors (Lipinski definition) is 1. The lowest BCUT2D eigenvalue weighted by Gasteiger charge is -2.23. The maximum Gasteiger partial charge on any atom is 0.0931 e. The Hall–Kier alpha value is -0.0900. The van der Waals surface area contributed by atoms with Gasteiger partial charge in [0.1, 0.15) is 0 Å². The minimum Gasteiger partial charge on any atom is -0.314 e. The van der Waals surface area contributed by atoms with Crippen LogP contribution < -0.4 is 5.32 Å². The van der Waals surface area contributed by atoms with Gasteiger partial charge in [0, 0.05) is 23.5 Å². The zero-order chi connectivity index (χ0) is 13.1. The van der Waals surface area contributed by atoms with Gasteiger partial charge in [-0.3, -0.25) is 4.90 Å². The van der Waals surface area contributed by atoms with Crippen LogP contribution >= 0.6 is 22.9 Å². The molecular weight excluding hydrogens is 264 g/mol. The Balaban J connectivity index is 1.84. The van der Waals surface area contributed by atoms with Crippen LogP contribution in [0.25, 0.3) is 0 Å². The fourth-order valence-electron chi connectivity index (χ4n) is 2.52. The molecule has 0 aromatic carbocycles. The summed E-state index contributed by atoms with van der Waals surface area (Å²) in [4.78, 5) is 3.96. The number of thiophene rings is 1. The van der Waals surface area contributed by atoms with Gasteiger partial charge in [-0.2, -0.15) is 0 Å². The smallest absolute Gasteiger partial charge is 0.0931 e. The van der Waals surface area contributed by atoms with Gasteiger partial charge >= 0.3 is 0 Å². The predicted octanol–water partition coefficient (Wildman–Crippen LogP) is 3.78. The van der Waals surface area contributed by atoms with E-state index in [-0.39, 0.29) is 0 Å². The van der Waals surface area contributed by atoms with Crippen molar-refractivity contribution in [2.24, 2.45) is 5.92 Å². The highest BCUT2D eigenvalue weighted by Crippen LogP contribution is 2.33. The number of hydrogen-bond acceptors (Lipinski definition) is 3. The first-order valence-electron chi connectivity index (χ1n) is 6.79. The van der Waals surface area contributed by atoms with Gasteiger partial charge in [0.25, 0.3) is 0 Å². The lowest BCUT2D eigenvalue weighted by molar-refractivity contribution is 0.254. The summed E-state index contributed by atoms with van der Waals surface area (Å²) in [6.45, 7) is 10.3. The molecule has 1 saturated heterocycles. The summed E-state index contributed by atoms with van der Waals surface area (Å²) in [6, 6.07) is 5.27. The first-order chi connectivity index (χ1) is 8.56. The molecule has 0 spiro atoms. The number of nitrogens with zero attached hydrogens (tertiary/aromatic N) is 1. The molecular formula is C14H23ClN2S. The monoisotopic (exact) mass is 286 g/mol. The molecule has 1 aromatic rings. The molecule has 1 aliphatic rings. The molecule has 4 heteroatoms. The highest BCUT2D eigenvalue weighted by atomic mass is 35.5. The van der Waals surface area contributed by atoms with Crippen LogP contribution in [0.3, 0.4) is 0 Å². The lowest BCUT2D eigenvalue weighted by atomic mass is 10.1. The fourth-order valence-corrected chi connectivity index (χ4v) is 3.66. The van der Waals surface area contributed by atoms with Crippen LogP contribution in [-0.4, -0.2) is 30.6 Å². The topological polar surface area (TPSA) is 15.3 Å². The van der Waals surface area contributed by atoms with Gasteiger partial charge < -0.3 is 5.32 Å². The molecule has 2 heterocycles. The molecule has 0 aliphatic carbocycles. The third kappa shape index (κ3) is 3.70. The van der Waals surface area contributed by atoms with Crippen LogP contribution in [0.1, 0.15) is 38.1 Å². The SMILES string of the molecule is CC(C)NCC1CCN(C(C)c2ccc(Cl)s2)C1. The van der Waals surface area contributed by atoms with E-state index in [1.165, 1.54) is 24.4 Å². The maximum atomic E-state index is 6.01. The van der Waals surface area contributed by atoms with E-state index in [9.17, 15) is 0 Å². The Labute approximate surface area is 119 Å². The van der Waals surface area contributed by atoms with E-state index in [1.54, 1.807) is 11.3 Å². The van der Waals surface area contributed by atoms with Gasteiger partial charge in [-0.25, -0.2) is 0 Å². The number of rotatable bonds is 5. The maximum absolute atomic E-state index is 6.01. The van der Waals surface area contributed by atoms with Crippen molar-refractivity contribution in [2.45, 2.75) is 39.3 Å². The van der Waals surface area contributed by atoms with E-state index >= 15 is 0 Å². The first-order valence-corrected chi connectivity index (χ1v) is 7.98.